The molecule has 1 aromatic carbocycles. The van der Waals surface area contributed by atoms with Crippen LogP contribution in [0.15, 0.2) is 24.3 Å². The lowest BCUT2D eigenvalue weighted by Gasteiger charge is -2.42. The smallest absolute Gasteiger partial charge is 0.251 e. The molecule has 0 bridgehead atoms. The number of hydrogen-bond donors (Lipinski definition) is 1. The number of amides is 1. The summed E-state index contributed by atoms with van der Waals surface area (Å²) in [6.07, 6.45) is 4.52. The van der Waals surface area contributed by atoms with Crippen LogP contribution in [-0.2, 0) is 0 Å². The van der Waals surface area contributed by atoms with Gasteiger partial charge in [-0.2, -0.15) is 0 Å². The Labute approximate surface area is 110 Å². The van der Waals surface area contributed by atoms with E-state index in [1.807, 2.05) is 24.3 Å². The molecule has 0 saturated heterocycles. The number of carbonyl (C=O) groups is 1. The molecule has 1 aromatic rings. The summed E-state index contributed by atoms with van der Waals surface area (Å²) in [5, 5.41) is 3.18. The van der Waals surface area contributed by atoms with Gasteiger partial charge >= 0.3 is 0 Å². The summed E-state index contributed by atoms with van der Waals surface area (Å²) in [7, 11) is 0. The molecule has 1 saturated carbocycles. The average molecular weight is 329 g/mol. The second kappa shape index (κ2) is 4.73. The maximum absolute atomic E-state index is 12.0. The second-order valence-corrected chi connectivity index (χ2v) is 5.70. The van der Waals surface area contributed by atoms with E-state index in [4.69, 9.17) is 0 Å². The van der Waals surface area contributed by atoms with Crippen molar-refractivity contribution in [1.82, 2.24) is 5.32 Å². The fourth-order valence-electron chi connectivity index (χ4n) is 2.11. The number of hydrogen-bond acceptors (Lipinski definition) is 1. The first-order chi connectivity index (χ1) is 7.65. The number of benzene rings is 1. The van der Waals surface area contributed by atoms with Crippen LogP contribution in [0.2, 0.25) is 0 Å². The number of halogens is 1. The SMILES string of the molecule is CCC1(NC(=O)c2cccc(I)c2)CCC1. The van der Waals surface area contributed by atoms with Crippen LogP contribution in [0.1, 0.15) is 43.0 Å². The maximum atomic E-state index is 12.0. The molecule has 0 aromatic heterocycles. The van der Waals surface area contributed by atoms with Crippen molar-refractivity contribution < 1.29 is 4.79 Å². The van der Waals surface area contributed by atoms with Gasteiger partial charge in [-0.05, 0) is 66.5 Å². The van der Waals surface area contributed by atoms with Gasteiger partial charge in [-0.15, -0.1) is 0 Å². The van der Waals surface area contributed by atoms with Gasteiger partial charge < -0.3 is 5.32 Å². The molecule has 1 N–H and O–H groups in total. The van der Waals surface area contributed by atoms with Crippen LogP contribution >= 0.6 is 22.6 Å². The van der Waals surface area contributed by atoms with E-state index < -0.39 is 0 Å². The van der Waals surface area contributed by atoms with E-state index in [1.54, 1.807) is 0 Å². The Hall–Kier alpha value is -0.580. The van der Waals surface area contributed by atoms with E-state index in [0.717, 1.165) is 28.4 Å². The van der Waals surface area contributed by atoms with Gasteiger partial charge in [-0.3, -0.25) is 4.79 Å². The van der Waals surface area contributed by atoms with E-state index in [1.165, 1.54) is 6.42 Å². The predicted molar refractivity (Wildman–Crippen MR) is 73.5 cm³/mol. The van der Waals surface area contributed by atoms with Gasteiger partial charge in [0.15, 0.2) is 0 Å². The zero-order chi connectivity index (χ0) is 11.6. The standard InChI is InChI=1S/C13H16INO/c1-2-13(7-4-8-13)15-12(16)10-5-3-6-11(14)9-10/h3,5-6,9H,2,4,7-8H2,1H3,(H,15,16). The Bertz CT molecular complexity index is 393. The molecule has 3 heteroatoms. The van der Waals surface area contributed by atoms with Crippen molar-refractivity contribution >= 4 is 28.5 Å². The molecule has 2 nitrogen and oxygen atoms in total. The van der Waals surface area contributed by atoms with Gasteiger partial charge in [-0.1, -0.05) is 13.0 Å². The lowest BCUT2D eigenvalue weighted by atomic mass is 9.74. The van der Waals surface area contributed by atoms with Crippen LogP contribution in [0, 0.1) is 3.57 Å². The van der Waals surface area contributed by atoms with Gasteiger partial charge in [-0.25, -0.2) is 0 Å². The molecular formula is C13H16INO. The zero-order valence-electron chi connectivity index (χ0n) is 9.42. The Morgan fingerprint density at radius 3 is 2.75 bits per heavy atom. The number of carbonyl (C=O) groups excluding carboxylic acids is 1. The average Bonchev–Trinajstić information content (AvgIpc) is 2.23. The number of rotatable bonds is 3. The summed E-state index contributed by atoms with van der Waals surface area (Å²) < 4.78 is 1.10. The molecule has 1 aliphatic carbocycles. The van der Waals surface area contributed by atoms with Crippen LogP contribution in [-0.4, -0.2) is 11.4 Å². The minimum absolute atomic E-state index is 0.0695. The van der Waals surface area contributed by atoms with E-state index in [-0.39, 0.29) is 11.4 Å². The molecular weight excluding hydrogens is 313 g/mol. The van der Waals surface area contributed by atoms with Gasteiger partial charge in [0.05, 0.1) is 0 Å². The van der Waals surface area contributed by atoms with Gasteiger partial charge in [0.25, 0.3) is 5.91 Å². The first-order valence-corrected chi connectivity index (χ1v) is 6.81. The molecule has 0 heterocycles. The highest BCUT2D eigenvalue weighted by atomic mass is 127. The molecule has 16 heavy (non-hydrogen) atoms. The largest absolute Gasteiger partial charge is 0.347 e. The minimum atomic E-state index is 0.0695. The lowest BCUT2D eigenvalue weighted by Crippen LogP contribution is -2.52. The fourth-order valence-corrected chi connectivity index (χ4v) is 2.66. The van der Waals surface area contributed by atoms with Crippen LogP contribution in [0.3, 0.4) is 0 Å². The summed E-state index contributed by atoms with van der Waals surface area (Å²) in [5.41, 5.74) is 0.852. The first kappa shape index (κ1) is 11.9. The monoisotopic (exact) mass is 329 g/mol. The molecule has 0 unspecified atom stereocenters. The quantitative estimate of drug-likeness (QED) is 0.847. The Morgan fingerprint density at radius 1 is 1.50 bits per heavy atom. The topological polar surface area (TPSA) is 29.1 Å². The lowest BCUT2D eigenvalue weighted by molar-refractivity contribution is 0.0820. The van der Waals surface area contributed by atoms with Crippen molar-refractivity contribution in [2.24, 2.45) is 0 Å². The second-order valence-electron chi connectivity index (χ2n) is 4.45. The van der Waals surface area contributed by atoms with Gasteiger partial charge in [0, 0.05) is 14.7 Å². The summed E-state index contributed by atoms with van der Waals surface area (Å²) in [6, 6.07) is 7.73. The van der Waals surface area contributed by atoms with E-state index in [0.29, 0.717) is 0 Å². The molecule has 1 fully saturated rings. The zero-order valence-corrected chi connectivity index (χ0v) is 11.6. The van der Waals surface area contributed by atoms with Gasteiger partial charge in [0.2, 0.25) is 0 Å². The van der Waals surface area contributed by atoms with Crippen LogP contribution in [0.5, 0.6) is 0 Å². The first-order valence-electron chi connectivity index (χ1n) is 5.73. The van der Waals surface area contributed by atoms with Crippen molar-refractivity contribution in [3.63, 3.8) is 0 Å². The van der Waals surface area contributed by atoms with Crippen LogP contribution in [0.25, 0.3) is 0 Å². The van der Waals surface area contributed by atoms with Crippen molar-refractivity contribution in [3.05, 3.63) is 33.4 Å². The minimum Gasteiger partial charge on any atom is -0.347 e. The highest BCUT2D eigenvalue weighted by molar-refractivity contribution is 14.1. The molecule has 0 aliphatic heterocycles. The third-order valence-corrected chi connectivity index (χ3v) is 4.12. The summed E-state index contributed by atoms with van der Waals surface area (Å²) in [6.45, 7) is 2.15. The van der Waals surface area contributed by atoms with E-state index in [2.05, 4.69) is 34.8 Å². The Kier molecular flexibility index (Phi) is 3.52. The Morgan fingerprint density at radius 2 is 2.25 bits per heavy atom. The third kappa shape index (κ3) is 2.39. The van der Waals surface area contributed by atoms with E-state index >= 15 is 0 Å². The highest BCUT2D eigenvalue weighted by Gasteiger charge is 2.36. The Balaban J connectivity index is 2.08. The summed E-state index contributed by atoms with van der Waals surface area (Å²) in [4.78, 5) is 12.0. The molecule has 0 radical (unpaired) electrons. The maximum Gasteiger partial charge on any atom is 0.251 e. The van der Waals surface area contributed by atoms with Crippen molar-refractivity contribution in [2.75, 3.05) is 0 Å². The molecule has 86 valence electrons. The molecule has 1 aliphatic rings. The molecule has 0 spiro atoms. The van der Waals surface area contributed by atoms with Crippen LogP contribution < -0.4 is 5.32 Å². The van der Waals surface area contributed by atoms with Crippen molar-refractivity contribution in [3.8, 4) is 0 Å². The van der Waals surface area contributed by atoms with Crippen LogP contribution in [0.4, 0.5) is 0 Å². The normalized spacial score (nSPS) is 17.6. The third-order valence-electron chi connectivity index (χ3n) is 3.45. The van der Waals surface area contributed by atoms with Crippen molar-refractivity contribution in [1.29, 1.82) is 0 Å². The van der Waals surface area contributed by atoms with Gasteiger partial charge in [0.1, 0.15) is 0 Å². The van der Waals surface area contributed by atoms with E-state index in [9.17, 15) is 4.79 Å². The molecule has 1 amide bonds. The predicted octanol–water partition coefficient (Wildman–Crippen LogP) is 3.35. The summed E-state index contributed by atoms with van der Waals surface area (Å²) >= 11 is 2.23. The van der Waals surface area contributed by atoms with Crippen molar-refractivity contribution in [2.45, 2.75) is 38.1 Å². The highest BCUT2D eigenvalue weighted by Crippen LogP contribution is 2.34. The number of nitrogens with one attached hydrogen (secondary N) is 1. The fraction of sp³-hybridized carbons (Fsp3) is 0.462. The molecule has 2 rings (SSSR count). The molecule has 0 atom stereocenters. The summed E-state index contributed by atoms with van der Waals surface area (Å²) in [5.74, 6) is 0.0695.